The molecule has 2 rings (SSSR count). The van der Waals surface area contributed by atoms with Gasteiger partial charge in [0.25, 0.3) is 0 Å². The normalized spacial score (nSPS) is 17.8. The highest BCUT2D eigenvalue weighted by atomic mass is 16.3. The second-order valence-corrected chi connectivity index (χ2v) is 4.13. The quantitative estimate of drug-likeness (QED) is 0.627. The molecule has 4 nitrogen and oxygen atoms in total. The van der Waals surface area contributed by atoms with Gasteiger partial charge in [-0.05, 0) is 18.9 Å². The molecule has 0 unspecified atom stereocenters. The minimum absolute atomic E-state index is 0.0412. The molecule has 1 amide bonds. The van der Waals surface area contributed by atoms with E-state index in [0.717, 1.165) is 31.2 Å². The Morgan fingerprint density at radius 3 is 2.94 bits per heavy atom. The summed E-state index contributed by atoms with van der Waals surface area (Å²) in [5.41, 5.74) is 3.43. The maximum absolute atomic E-state index is 11.7. The van der Waals surface area contributed by atoms with E-state index >= 15 is 0 Å². The van der Waals surface area contributed by atoms with Crippen LogP contribution in [0.1, 0.15) is 37.7 Å². The van der Waals surface area contributed by atoms with E-state index in [9.17, 15) is 4.79 Å². The Labute approximate surface area is 94.7 Å². The van der Waals surface area contributed by atoms with Gasteiger partial charge in [0.1, 0.15) is 0 Å². The van der Waals surface area contributed by atoms with E-state index in [1.807, 2.05) is 0 Å². The molecule has 0 spiro atoms. The van der Waals surface area contributed by atoms with Crippen molar-refractivity contribution in [3.05, 3.63) is 24.2 Å². The van der Waals surface area contributed by atoms with Crippen LogP contribution in [0.15, 0.2) is 28.1 Å². The molecule has 0 aliphatic heterocycles. The molecule has 0 aromatic carbocycles. The van der Waals surface area contributed by atoms with Gasteiger partial charge in [-0.2, -0.15) is 5.10 Å². The first-order valence-electron chi connectivity index (χ1n) is 5.71. The molecule has 0 saturated heterocycles. The number of amides is 1. The van der Waals surface area contributed by atoms with Crippen molar-refractivity contribution in [2.24, 2.45) is 11.0 Å². The summed E-state index contributed by atoms with van der Waals surface area (Å²) in [6.45, 7) is 0. The van der Waals surface area contributed by atoms with Gasteiger partial charge in [-0.15, -0.1) is 0 Å². The van der Waals surface area contributed by atoms with Crippen molar-refractivity contribution in [1.29, 1.82) is 0 Å². The summed E-state index contributed by atoms with van der Waals surface area (Å²) in [5.74, 6) is 0.190. The largest absolute Gasteiger partial charge is 0.472 e. The van der Waals surface area contributed by atoms with Crippen LogP contribution >= 0.6 is 0 Å². The van der Waals surface area contributed by atoms with Crippen LogP contribution in [0.25, 0.3) is 0 Å². The molecule has 16 heavy (non-hydrogen) atoms. The molecule has 1 heterocycles. The van der Waals surface area contributed by atoms with Gasteiger partial charge in [-0.1, -0.05) is 19.3 Å². The van der Waals surface area contributed by atoms with E-state index in [1.54, 1.807) is 24.8 Å². The first kappa shape index (κ1) is 10.9. The number of hydrazone groups is 1. The molecule has 0 radical (unpaired) electrons. The number of furan rings is 1. The lowest BCUT2D eigenvalue weighted by Crippen LogP contribution is -2.28. The molecular weight excluding hydrogens is 204 g/mol. The number of hydrogen-bond acceptors (Lipinski definition) is 3. The van der Waals surface area contributed by atoms with Crippen LogP contribution in [0.5, 0.6) is 0 Å². The number of nitrogens with zero attached hydrogens (tertiary/aromatic N) is 1. The molecule has 0 atom stereocenters. The van der Waals surface area contributed by atoms with Crippen molar-refractivity contribution >= 4 is 12.1 Å². The van der Waals surface area contributed by atoms with Gasteiger partial charge < -0.3 is 4.42 Å². The number of carbonyl (C=O) groups is 1. The molecule has 4 heteroatoms. The summed E-state index contributed by atoms with van der Waals surface area (Å²) in [6, 6.07) is 1.79. The van der Waals surface area contributed by atoms with Crippen molar-refractivity contribution in [2.75, 3.05) is 0 Å². The molecule has 1 saturated carbocycles. The maximum Gasteiger partial charge on any atom is 0.243 e. The highest BCUT2D eigenvalue weighted by Gasteiger charge is 2.20. The number of rotatable bonds is 3. The van der Waals surface area contributed by atoms with E-state index in [4.69, 9.17) is 4.42 Å². The Morgan fingerprint density at radius 2 is 2.25 bits per heavy atom. The lowest BCUT2D eigenvalue weighted by molar-refractivity contribution is -0.125. The molecule has 1 fully saturated rings. The third-order valence-corrected chi connectivity index (χ3v) is 2.91. The summed E-state index contributed by atoms with van der Waals surface area (Å²) < 4.78 is 4.88. The predicted molar refractivity (Wildman–Crippen MR) is 61.0 cm³/mol. The number of nitrogens with one attached hydrogen (secondary N) is 1. The topological polar surface area (TPSA) is 54.6 Å². The third kappa shape index (κ3) is 2.95. The molecule has 1 aliphatic carbocycles. The van der Waals surface area contributed by atoms with E-state index in [1.165, 1.54) is 6.42 Å². The Kier molecular flexibility index (Phi) is 3.75. The maximum atomic E-state index is 11.7. The van der Waals surface area contributed by atoms with Gasteiger partial charge in [0.2, 0.25) is 5.91 Å². The van der Waals surface area contributed by atoms with Crippen molar-refractivity contribution in [3.8, 4) is 0 Å². The Morgan fingerprint density at radius 1 is 1.44 bits per heavy atom. The van der Waals surface area contributed by atoms with Gasteiger partial charge >= 0.3 is 0 Å². The first-order chi connectivity index (χ1) is 7.86. The third-order valence-electron chi connectivity index (χ3n) is 2.91. The van der Waals surface area contributed by atoms with Crippen LogP contribution in [0.3, 0.4) is 0 Å². The molecule has 1 aromatic rings. The van der Waals surface area contributed by atoms with Gasteiger partial charge in [0, 0.05) is 11.5 Å². The van der Waals surface area contributed by atoms with E-state index in [-0.39, 0.29) is 11.8 Å². The summed E-state index contributed by atoms with van der Waals surface area (Å²) in [7, 11) is 0. The summed E-state index contributed by atoms with van der Waals surface area (Å²) in [5, 5.41) is 3.90. The Balaban J connectivity index is 1.78. The summed E-state index contributed by atoms with van der Waals surface area (Å²) in [6.07, 6.45) is 10.3. The van der Waals surface area contributed by atoms with Crippen LogP contribution in [-0.4, -0.2) is 12.1 Å². The minimum atomic E-state index is 0.0412. The minimum Gasteiger partial charge on any atom is -0.472 e. The molecule has 1 N–H and O–H groups in total. The van der Waals surface area contributed by atoms with Gasteiger partial charge in [0.05, 0.1) is 18.7 Å². The monoisotopic (exact) mass is 220 g/mol. The van der Waals surface area contributed by atoms with E-state index in [2.05, 4.69) is 10.5 Å². The van der Waals surface area contributed by atoms with Crippen LogP contribution in [0, 0.1) is 5.92 Å². The molecule has 1 aliphatic rings. The van der Waals surface area contributed by atoms with Crippen LogP contribution in [0.4, 0.5) is 0 Å². The SMILES string of the molecule is O=C(N/N=C/c1ccoc1)C1CCCCC1. The summed E-state index contributed by atoms with van der Waals surface area (Å²) in [4.78, 5) is 11.7. The lowest BCUT2D eigenvalue weighted by Gasteiger charge is -2.19. The van der Waals surface area contributed by atoms with Gasteiger partial charge in [0.15, 0.2) is 0 Å². The fraction of sp³-hybridized carbons (Fsp3) is 0.500. The van der Waals surface area contributed by atoms with Crippen LogP contribution in [0.2, 0.25) is 0 Å². The van der Waals surface area contributed by atoms with Gasteiger partial charge in [-0.25, -0.2) is 5.43 Å². The standard InChI is InChI=1S/C12H16N2O2/c15-12(11-4-2-1-3-5-11)14-13-8-10-6-7-16-9-10/h6-9,11H,1-5H2,(H,14,15)/b13-8+. The molecule has 86 valence electrons. The van der Waals surface area contributed by atoms with E-state index in [0.29, 0.717) is 0 Å². The van der Waals surface area contributed by atoms with Crippen LogP contribution in [-0.2, 0) is 4.79 Å². The second-order valence-electron chi connectivity index (χ2n) is 4.13. The second kappa shape index (κ2) is 5.49. The lowest BCUT2D eigenvalue weighted by atomic mass is 9.89. The van der Waals surface area contributed by atoms with Crippen molar-refractivity contribution in [1.82, 2.24) is 5.43 Å². The zero-order chi connectivity index (χ0) is 11.2. The predicted octanol–water partition coefficient (Wildman–Crippen LogP) is 2.31. The fourth-order valence-electron chi connectivity index (χ4n) is 1.97. The Bertz CT molecular complexity index is 351. The first-order valence-corrected chi connectivity index (χ1v) is 5.71. The Hall–Kier alpha value is -1.58. The van der Waals surface area contributed by atoms with Gasteiger partial charge in [-0.3, -0.25) is 4.79 Å². The zero-order valence-electron chi connectivity index (χ0n) is 9.19. The zero-order valence-corrected chi connectivity index (χ0v) is 9.19. The average molecular weight is 220 g/mol. The molecule has 1 aromatic heterocycles. The van der Waals surface area contributed by atoms with Crippen LogP contribution < -0.4 is 5.43 Å². The van der Waals surface area contributed by atoms with E-state index < -0.39 is 0 Å². The average Bonchev–Trinajstić information content (AvgIpc) is 2.83. The summed E-state index contributed by atoms with van der Waals surface area (Å²) >= 11 is 0. The number of carbonyl (C=O) groups excluding carboxylic acids is 1. The number of hydrogen-bond donors (Lipinski definition) is 1. The molecular formula is C12H16N2O2. The molecule has 0 bridgehead atoms. The van der Waals surface area contributed by atoms with Crippen molar-refractivity contribution in [3.63, 3.8) is 0 Å². The van der Waals surface area contributed by atoms with Crippen molar-refractivity contribution < 1.29 is 9.21 Å². The van der Waals surface area contributed by atoms with Crippen molar-refractivity contribution in [2.45, 2.75) is 32.1 Å². The highest BCUT2D eigenvalue weighted by molar-refractivity contribution is 5.82. The fourth-order valence-corrected chi connectivity index (χ4v) is 1.97. The smallest absolute Gasteiger partial charge is 0.243 e. The highest BCUT2D eigenvalue weighted by Crippen LogP contribution is 2.23.